The molecule has 0 spiro atoms. The topological polar surface area (TPSA) is 37.3 Å². The molecule has 0 heterocycles. The van der Waals surface area contributed by atoms with E-state index in [1.54, 1.807) is 0 Å². The molecular weight excluding hydrogens is 455 g/mol. The van der Waals surface area contributed by atoms with E-state index in [4.69, 9.17) is 27.3 Å². The fourth-order valence-corrected chi connectivity index (χ4v) is 6.10. The summed E-state index contributed by atoms with van der Waals surface area (Å²) in [4.78, 5) is 10.4. The summed E-state index contributed by atoms with van der Waals surface area (Å²) in [6.45, 7) is 0.181. The molecule has 0 aliphatic heterocycles. The zero-order valence-corrected chi connectivity index (χ0v) is 23.8. The number of unbranched alkanes of at least 4 members (excludes halogenated alkanes) is 22. The summed E-state index contributed by atoms with van der Waals surface area (Å²) in [6, 6.07) is 1.05. The Morgan fingerprint density at radius 2 is 0.719 bits per heavy atom. The van der Waals surface area contributed by atoms with E-state index < -0.39 is 12.7 Å². The summed E-state index contributed by atoms with van der Waals surface area (Å²) >= 11 is 12.3. The van der Waals surface area contributed by atoms with Crippen LogP contribution in [0.25, 0.3) is 0 Å². The van der Waals surface area contributed by atoms with Crippen LogP contribution < -0.4 is 0 Å². The van der Waals surface area contributed by atoms with Crippen molar-refractivity contribution >= 4 is 34.8 Å². The molecule has 1 N–H and O–H groups in total. The third-order valence-electron chi connectivity index (χ3n) is 6.51. The van der Waals surface area contributed by atoms with Crippen LogP contribution in [0.2, 0.25) is 12.6 Å². The quantitative estimate of drug-likeness (QED) is 0.0715. The molecule has 0 aliphatic rings. The first-order chi connectivity index (χ1) is 15.4. The molecule has 0 radical (unpaired) electrons. The van der Waals surface area contributed by atoms with Gasteiger partial charge in [-0.15, -0.1) is 22.2 Å². The van der Waals surface area contributed by atoms with Gasteiger partial charge in [0.25, 0.3) is 0 Å². The van der Waals surface area contributed by atoms with Crippen LogP contribution in [0.15, 0.2) is 0 Å². The lowest BCUT2D eigenvalue weighted by atomic mass is 10.0. The first-order valence-corrected chi connectivity index (χ1v) is 18.7. The Hall–Kier alpha value is 0.267. The molecule has 0 aliphatic carbocycles. The average Bonchev–Trinajstić information content (AvgIpc) is 2.72. The first-order valence-electron chi connectivity index (χ1n) is 14.0. The molecule has 0 aromatic carbocycles. The van der Waals surface area contributed by atoms with Gasteiger partial charge in [0.15, 0.2) is 0 Å². The molecule has 0 rings (SSSR count). The second kappa shape index (κ2) is 24.4. The van der Waals surface area contributed by atoms with Crippen LogP contribution in [-0.2, 0) is 4.79 Å². The van der Waals surface area contributed by atoms with Gasteiger partial charge in [-0.25, -0.2) is 0 Å². The normalized spacial score (nSPS) is 11.8. The van der Waals surface area contributed by atoms with Gasteiger partial charge in [-0.3, -0.25) is 4.79 Å². The van der Waals surface area contributed by atoms with E-state index in [0.29, 0.717) is 6.42 Å². The number of rotatable bonds is 26. The third kappa shape index (κ3) is 30.3. The second-order valence-electron chi connectivity index (χ2n) is 10.1. The molecule has 0 fully saturated rings. The zero-order valence-electron chi connectivity index (χ0n) is 21.3. The Bertz CT molecular complexity index is 400. The average molecular weight is 510 g/mol. The molecule has 0 amide bonds. The van der Waals surface area contributed by atoms with E-state index in [2.05, 4.69) is 0 Å². The number of carbonyl (C=O) groups is 1. The monoisotopic (exact) mass is 508 g/mol. The van der Waals surface area contributed by atoms with Crippen LogP contribution >= 0.6 is 22.2 Å². The van der Waals surface area contributed by atoms with Crippen molar-refractivity contribution in [1.29, 1.82) is 0 Å². The number of halogens is 2. The number of carboxylic acids is 1. The minimum Gasteiger partial charge on any atom is -0.481 e. The minimum atomic E-state index is -1.85. The van der Waals surface area contributed by atoms with Crippen LogP contribution in [0.5, 0.6) is 0 Å². The summed E-state index contributed by atoms with van der Waals surface area (Å²) in [5.74, 6) is -0.654. The molecule has 5 heteroatoms. The summed E-state index contributed by atoms with van der Waals surface area (Å²) in [5, 5.41) is 8.60. The first kappa shape index (κ1) is 32.3. The van der Waals surface area contributed by atoms with Crippen LogP contribution in [0.1, 0.15) is 154 Å². The Kier molecular flexibility index (Phi) is 24.6. The summed E-state index contributed by atoms with van der Waals surface area (Å²) < 4.78 is 0. The maximum Gasteiger partial charge on any atom is 0.303 e. The van der Waals surface area contributed by atoms with Gasteiger partial charge in [0.1, 0.15) is 0 Å². The van der Waals surface area contributed by atoms with Gasteiger partial charge in [0, 0.05) is 6.42 Å². The van der Waals surface area contributed by atoms with E-state index >= 15 is 0 Å². The molecule has 32 heavy (non-hydrogen) atoms. The van der Waals surface area contributed by atoms with Gasteiger partial charge in [0.2, 0.25) is 6.69 Å². The number of carboxylic acid groups (broad SMARTS) is 1. The Balaban J connectivity index is 3.04. The Labute approximate surface area is 211 Å². The van der Waals surface area contributed by atoms with E-state index in [9.17, 15) is 4.79 Å². The summed E-state index contributed by atoms with van der Waals surface area (Å²) in [5.41, 5.74) is 0. The largest absolute Gasteiger partial charge is 0.481 e. The van der Waals surface area contributed by atoms with Crippen molar-refractivity contribution in [3.05, 3.63) is 0 Å². The lowest BCUT2D eigenvalue weighted by molar-refractivity contribution is -0.137. The fraction of sp³-hybridized carbons (Fsp3) is 0.963. The zero-order chi connectivity index (χ0) is 23.8. The standard InChI is InChI=1S/C27H54Cl2O2Si/c1-32(28,29)26-24-22-20-18-16-14-12-10-8-6-4-2-3-5-7-9-11-13-15-17-19-21-23-25-27(30)31/h2-26H2,1H3,(H,30,31). The lowest BCUT2D eigenvalue weighted by Crippen LogP contribution is -2.11. The van der Waals surface area contributed by atoms with Crippen molar-refractivity contribution in [3.63, 3.8) is 0 Å². The van der Waals surface area contributed by atoms with Crippen molar-refractivity contribution < 1.29 is 9.90 Å². The van der Waals surface area contributed by atoms with Crippen LogP contribution in [0.4, 0.5) is 0 Å². The maximum atomic E-state index is 10.4. The molecular formula is C27H54Cl2O2Si. The highest BCUT2D eigenvalue weighted by molar-refractivity contribution is 7.44. The summed E-state index contributed by atoms with van der Waals surface area (Å²) in [6.07, 6.45) is 31.2. The maximum absolute atomic E-state index is 10.4. The second-order valence-corrected chi connectivity index (χ2v) is 18.3. The molecule has 0 aromatic rings. The predicted molar refractivity (Wildman–Crippen MR) is 147 cm³/mol. The van der Waals surface area contributed by atoms with E-state index in [0.717, 1.165) is 18.9 Å². The van der Waals surface area contributed by atoms with Crippen LogP contribution in [-0.4, -0.2) is 17.8 Å². The van der Waals surface area contributed by atoms with Gasteiger partial charge >= 0.3 is 5.97 Å². The van der Waals surface area contributed by atoms with E-state index in [-0.39, 0.29) is 0 Å². The molecule has 192 valence electrons. The molecule has 0 saturated heterocycles. The molecule has 0 unspecified atom stereocenters. The van der Waals surface area contributed by atoms with Gasteiger partial charge in [0.05, 0.1) is 0 Å². The van der Waals surface area contributed by atoms with Crippen molar-refractivity contribution in [2.24, 2.45) is 0 Å². The lowest BCUT2D eigenvalue weighted by Gasteiger charge is -2.09. The smallest absolute Gasteiger partial charge is 0.303 e. The molecule has 0 aromatic heterocycles. The van der Waals surface area contributed by atoms with Crippen molar-refractivity contribution in [1.82, 2.24) is 0 Å². The van der Waals surface area contributed by atoms with Crippen molar-refractivity contribution in [2.45, 2.75) is 167 Å². The van der Waals surface area contributed by atoms with Gasteiger partial charge < -0.3 is 5.11 Å². The van der Waals surface area contributed by atoms with Crippen molar-refractivity contribution in [2.75, 3.05) is 0 Å². The fourth-order valence-electron chi connectivity index (χ4n) is 4.42. The Morgan fingerprint density at radius 3 is 0.938 bits per heavy atom. The van der Waals surface area contributed by atoms with E-state index in [1.165, 1.54) is 135 Å². The van der Waals surface area contributed by atoms with E-state index in [1.807, 2.05) is 6.55 Å². The van der Waals surface area contributed by atoms with Gasteiger partial charge in [-0.05, 0) is 19.0 Å². The van der Waals surface area contributed by atoms with Gasteiger partial charge in [-0.1, -0.05) is 141 Å². The number of hydrogen-bond donors (Lipinski definition) is 1. The van der Waals surface area contributed by atoms with Crippen LogP contribution in [0, 0.1) is 0 Å². The third-order valence-corrected chi connectivity index (χ3v) is 8.87. The molecule has 0 saturated carbocycles. The minimum absolute atomic E-state index is 0.341. The highest BCUT2D eigenvalue weighted by Crippen LogP contribution is 2.23. The molecule has 0 atom stereocenters. The highest BCUT2D eigenvalue weighted by Gasteiger charge is 2.19. The summed E-state index contributed by atoms with van der Waals surface area (Å²) in [7, 11) is 0. The van der Waals surface area contributed by atoms with Gasteiger partial charge in [-0.2, -0.15) is 0 Å². The SMILES string of the molecule is C[Si](Cl)(Cl)CCCCCCCCCCCCCCCCCCCCCCCCCC(=O)O. The molecule has 0 bridgehead atoms. The number of hydrogen-bond acceptors (Lipinski definition) is 1. The highest BCUT2D eigenvalue weighted by atomic mass is 35.7. The Morgan fingerprint density at radius 1 is 0.500 bits per heavy atom. The van der Waals surface area contributed by atoms with Crippen LogP contribution in [0.3, 0.4) is 0 Å². The number of aliphatic carboxylic acids is 1. The van der Waals surface area contributed by atoms with Crippen molar-refractivity contribution in [3.8, 4) is 0 Å². The molecule has 2 nitrogen and oxygen atoms in total. The predicted octanol–water partition coefficient (Wildman–Crippen LogP) is 11.0.